The number of benzene rings is 3. The lowest BCUT2D eigenvalue weighted by Crippen LogP contribution is -2.32. The van der Waals surface area contributed by atoms with E-state index in [2.05, 4.69) is 10.3 Å². The van der Waals surface area contributed by atoms with Crippen molar-refractivity contribution < 1.29 is 14.3 Å². The van der Waals surface area contributed by atoms with Gasteiger partial charge in [-0.2, -0.15) is 0 Å². The molecule has 194 valence electrons. The van der Waals surface area contributed by atoms with Crippen molar-refractivity contribution in [1.82, 2.24) is 15.0 Å². The quantitative estimate of drug-likeness (QED) is 0.247. The number of esters is 1. The highest BCUT2D eigenvalue weighted by molar-refractivity contribution is 5.99. The van der Waals surface area contributed by atoms with Gasteiger partial charge in [-0.15, -0.1) is 0 Å². The number of ether oxygens (including phenoxy) is 1. The number of aryl methyl sites for hydroxylation is 2. The van der Waals surface area contributed by atoms with Gasteiger partial charge in [0.05, 0.1) is 39.9 Å². The number of hydrogen-bond donors (Lipinski definition) is 1. The summed E-state index contributed by atoms with van der Waals surface area (Å²) in [7, 11) is 0. The largest absolute Gasteiger partial charge is 0.449 e. The molecular formula is C32H28N4O3. The summed E-state index contributed by atoms with van der Waals surface area (Å²) in [6.07, 6.45) is 2.52. The Hall–Kier alpha value is -4.91. The minimum Gasteiger partial charge on any atom is -0.449 e. The number of pyridine rings is 1. The Labute approximate surface area is 226 Å². The molecule has 1 N–H and O–H groups in total. The summed E-state index contributed by atoms with van der Waals surface area (Å²) in [4.78, 5) is 39.6. The van der Waals surface area contributed by atoms with Crippen molar-refractivity contribution in [1.29, 1.82) is 0 Å². The van der Waals surface area contributed by atoms with Gasteiger partial charge in [-0.25, -0.2) is 14.8 Å². The second kappa shape index (κ2) is 11.2. The molecule has 5 rings (SSSR count). The Morgan fingerprint density at radius 3 is 2.00 bits per heavy atom. The fourth-order valence-electron chi connectivity index (χ4n) is 4.19. The van der Waals surface area contributed by atoms with Crippen molar-refractivity contribution in [2.45, 2.75) is 33.3 Å². The first-order valence-corrected chi connectivity index (χ1v) is 12.8. The number of carbonyl (C=O) groups is 2. The first-order chi connectivity index (χ1) is 18.9. The molecule has 2 aromatic heterocycles. The number of aromatic nitrogens is 3. The van der Waals surface area contributed by atoms with E-state index < -0.39 is 18.0 Å². The maximum atomic E-state index is 13.1. The molecule has 0 aliphatic rings. The summed E-state index contributed by atoms with van der Waals surface area (Å²) in [6.45, 7) is 5.87. The zero-order chi connectivity index (χ0) is 27.4. The van der Waals surface area contributed by atoms with E-state index in [9.17, 15) is 9.59 Å². The van der Waals surface area contributed by atoms with Crippen molar-refractivity contribution in [2.75, 3.05) is 5.32 Å². The summed E-state index contributed by atoms with van der Waals surface area (Å²) in [5.41, 5.74) is 7.71. The van der Waals surface area contributed by atoms with Crippen LogP contribution in [0.2, 0.25) is 0 Å². The lowest BCUT2D eigenvalue weighted by molar-refractivity contribution is -0.124. The number of nitrogens with zero attached hydrogens (tertiary/aromatic N) is 3. The molecule has 1 unspecified atom stereocenters. The first kappa shape index (κ1) is 25.7. The topological polar surface area (TPSA) is 94.1 Å². The molecule has 2 heterocycles. The van der Waals surface area contributed by atoms with Gasteiger partial charge < -0.3 is 10.1 Å². The molecule has 7 heteroatoms. The van der Waals surface area contributed by atoms with Crippen LogP contribution < -0.4 is 5.32 Å². The first-order valence-electron chi connectivity index (χ1n) is 12.8. The standard InChI is InChI=1S/C32H28N4O3/c1-4-28(31(37)34-25-6-5-17-33-19-25)39-32(38)24-15-16-26-27(18-24)36-30(23-13-9-21(3)10-14-23)29(35-26)22-11-7-20(2)8-12-22/h5-19,28H,4H2,1-3H3,(H,34,37). The maximum absolute atomic E-state index is 13.1. The van der Waals surface area contributed by atoms with E-state index in [-0.39, 0.29) is 0 Å². The zero-order valence-corrected chi connectivity index (χ0v) is 22.0. The third-order valence-electron chi connectivity index (χ3n) is 6.39. The highest BCUT2D eigenvalue weighted by Gasteiger charge is 2.23. The van der Waals surface area contributed by atoms with E-state index >= 15 is 0 Å². The second-order valence-electron chi connectivity index (χ2n) is 9.39. The number of amides is 1. The van der Waals surface area contributed by atoms with Crippen molar-refractivity contribution in [2.24, 2.45) is 0 Å². The molecule has 0 radical (unpaired) electrons. The molecule has 0 saturated carbocycles. The average Bonchev–Trinajstić information content (AvgIpc) is 2.96. The van der Waals surface area contributed by atoms with Gasteiger partial charge >= 0.3 is 5.97 Å². The molecule has 1 amide bonds. The number of carbonyl (C=O) groups excluding carboxylic acids is 2. The third kappa shape index (κ3) is 5.83. The predicted molar refractivity (Wildman–Crippen MR) is 152 cm³/mol. The van der Waals surface area contributed by atoms with Crippen molar-refractivity contribution >= 4 is 28.6 Å². The summed E-state index contributed by atoms with van der Waals surface area (Å²) >= 11 is 0. The van der Waals surface area contributed by atoms with Crippen molar-refractivity contribution in [3.05, 3.63) is 108 Å². The van der Waals surface area contributed by atoms with Crippen LogP contribution >= 0.6 is 0 Å². The monoisotopic (exact) mass is 516 g/mol. The van der Waals surface area contributed by atoms with Crippen LogP contribution in [0.25, 0.3) is 33.5 Å². The van der Waals surface area contributed by atoms with Gasteiger partial charge in [0.1, 0.15) is 0 Å². The second-order valence-corrected chi connectivity index (χ2v) is 9.39. The Bertz CT molecular complexity index is 1630. The van der Waals surface area contributed by atoms with Crippen LogP contribution in [0, 0.1) is 13.8 Å². The molecule has 1 atom stereocenters. The van der Waals surface area contributed by atoms with Gasteiger partial charge in [0, 0.05) is 17.3 Å². The van der Waals surface area contributed by atoms with Gasteiger partial charge in [-0.3, -0.25) is 9.78 Å². The molecule has 3 aromatic carbocycles. The number of fused-ring (bicyclic) bond motifs is 1. The number of anilines is 1. The van der Waals surface area contributed by atoms with Crippen LogP contribution in [0.15, 0.2) is 91.3 Å². The summed E-state index contributed by atoms with van der Waals surface area (Å²) in [5.74, 6) is -1.02. The predicted octanol–water partition coefficient (Wildman–Crippen LogP) is 6.55. The molecular weight excluding hydrogens is 488 g/mol. The molecule has 0 spiro atoms. The van der Waals surface area contributed by atoms with Crippen LogP contribution in [-0.2, 0) is 9.53 Å². The Morgan fingerprint density at radius 1 is 0.821 bits per heavy atom. The molecule has 0 fully saturated rings. The van der Waals surface area contributed by atoms with Gasteiger partial charge in [0.2, 0.25) is 0 Å². The molecule has 5 aromatic rings. The van der Waals surface area contributed by atoms with Crippen LogP contribution in [0.1, 0.15) is 34.8 Å². The van der Waals surface area contributed by atoms with Gasteiger partial charge in [-0.1, -0.05) is 66.6 Å². The molecule has 39 heavy (non-hydrogen) atoms. The average molecular weight is 517 g/mol. The lowest BCUT2D eigenvalue weighted by atomic mass is 10.0. The summed E-state index contributed by atoms with van der Waals surface area (Å²) < 4.78 is 5.58. The van der Waals surface area contributed by atoms with E-state index in [0.29, 0.717) is 28.7 Å². The van der Waals surface area contributed by atoms with Crippen molar-refractivity contribution in [3.8, 4) is 22.5 Å². The SMILES string of the molecule is CCC(OC(=O)c1ccc2nc(-c3ccc(C)cc3)c(-c3ccc(C)cc3)nc2c1)C(=O)Nc1cccnc1. The van der Waals surface area contributed by atoms with E-state index in [1.165, 1.54) is 6.20 Å². The highest BCUT2D eigenvalue weighted by atomic mass is 16.5. The fraction of sp³-hybridized carbons (Fsp3) is 0.156. The molecule has 0 bridgehead atoms. The van der Waals surface area contributed by atoms with Crippen LogP contribution in [-0.4, -0.2) is 32.9 Å². The van der Waals surface area contributed by atoms with E-state index in [1.807, 2.05) is 62.4 Å². The minimum absolute atomic E-state index is 0.294. The molecule has 0 aliphatic heterocycles. The summed E-state index contributed by atoms with van der Waals surface area (Å²) in [5, 5.41) is 2.73. The van der Waals surface area contributed by atoms with E-state index in [0.717, 1.165) is 33.6 Å². The van der Waals surface area contributed by atoms with E-state index in [4.69, 9.17) is 14.7 Å². The fourth-order valence-corrected chi connectivity index (χ4v) is 4.19. The maximum Gasteiger partial charge on any atom is 0.338 e. The number of hydrogen-bond acceptors (Lipinski definition) is 6. The minimum atomic E-state index is -0.952. The highest BCUT2D eigenvalue weighted by Crippen LogP contribution is 2.31. The van der Waals surface area contributed by atoms with Crippen molar-refractivity contribution in [3.63, 3.8) is 0 Å². The van der Waals surface area contributed by atoms with Crippen LogP contribution in [0.4, 0.5) is 5.69 Å². The Morgan fingerprint density at radius 2 is 1.44 bits per heavy atom. The normalized spacial score (nSPS) is 11.7. The van der Waals surface area contributed by atoms with Gasteiger partial charge in [0.15, 0.2) is 6.10 Å². The van der Waals surface area contributed by atoms with Gasteiger partial charge in [-0.05, 0) is 50.6 Å². The molecule has 0 saturated heterocycles. The summed E-state index contributed by atoms with van der Waals surface area (Å²) in [6, 6.07) is 24.8. The lowest BCUT2D eigenvalue weighted by Gasteiger charge is -2.16. The Balaban J connectivity index is 1.47. The zero-order valence-electron chi connectivity index (χ0n) is 22.0. The Kier molecular flexibility index (Phi) is 7.41. The molecule has 7 nitrogen and oxygen atoms in total. The van der Waals surface area contributed by atoms with Crippen LogP contribution in [0.3, 0.4) is 0 Å². The molecule has 0 aliphatic carbocycles. The van der Waals surface area contributed by atoms with Gasteiger partial charge in [0.25, 0.3) is 5.91 Å². The number of nitrogens with one attached hydrogen (secondary N) is 1. The number of rotatable bonds is 7. The smallest absolute Gasteiger partial charge is 0.338 e. The van der Waals surface area contributed by atoms with Crippen LogP contribution in [0.5, 0.6) is 0 Å². The van der Waals surface area contributed by atoms with E-state index in [1.54, 1.807) is 43.5 Å². The third-order valence-corrected chi connectivity index (χ3v) is 6.39.